The zero-order chi connectivity index (χ0) is 9.14. The van der Waals surface area contributed by atoms with Crippen molar-refractivity contribution in [2.45, 2.75) is 0 Å². The number of aromatic carboxylic acids is 2. The van der Waals surface area contributed by atoms with E-state index in [0.29, 0.717) is 0 Å². The molecule has 6 heteroatoms. The summed E-state index contributed by atoms with van der Waals surface area (Å²) in [6.45, 7) is 0. The molecule has 0 bridgehead atoms. The molecule has 0 saturated carbocycles. The van der Waals surface area contributed by atoms with Gasteiger partial charge in [0, 0.05) is 55.6 Å². The molecular weight excluding hydrogens is 314 g/mol. The molecule has 0 aromatic carbocycles. The van der Waals surface area contributed by atoms with Crippen molar-refractivity contribution in [1.82, 2.24) is 4.98 Å². The molecule has 2 N–H and O–H groups in total. The van der Waals surface area contributed by atoms with Crippen molar-refractivity contribution in [3.63, 3.8) is 0 Å². The third-order valence-electron chi connectivity index (χ3n) is 1.24. The average molecular weight is 319 g/mol. The van der Waals surface area contributed by atoms with E-state index >= 15 is 0 Å². The van der Waals surface area contributed by atoms with Crippen molar-refractivity contribution in [3.05, 3.63) is 29.6 Å². The molecule has 0 amide bonds. The van der Waals surface area contributed by atoms with Gasteiger partial charge in [-0.05, 0) is 12.1 Å². The van der Waals surface area contributed by atoms with Crippen molar-refractivity contribution in [1.29, 1.82) is 0 Å². The van der Waals surface area contributed by atoms with Gasteiger partial charge in [0.2, 0.25) is 0 Å². The van der Waals surface area contributed by atoms with Gasteiger partial charge < -0.3 is 10.2 Å². The van der Waals surface area contributed by atoms with Gasteiger partial charge in [-0.25, -0.2) is 14.6 Å². The molecule has 0 unspecified atom stereocenters. The molecule has 0 atom stereocenters. The Balaban J connectivity index is 0.00000144. The number of carboxylic acids is 2. The molecule has 1 rings (SSSR count). The van der Waals surface area contributed by atoms with Gasteiger partial charge in [0.25, 0.3) is 0 Å². The number of carboxylic acid groups (broad SMARTS) is 2. The van der Waals surface area contributed by atoms with Gasteiger partial charge >= 0.3 is 11.9 Å². The monoisotopic (exact) mass is 320 g/mol. The van der Waals surface area contributed by atoms with E-state index in [1.165, 1.54) is 18.3 Å². The fourth-order valence-corrected chi connectivity index (χ4v) is 0.748. The number of nitrogens with zero attached hydrogens (tertiary/aromatic N) is 1. The van der Waals surface area contributed by atoms with E-state index in [1.54, 1.807) is 0 Å². The maximum atomic E-state index is 10.4. The Hall–Kier alpha value is -0.326. The maximum Gasteiger partial charge on any atom is 0.355 e. The number of pyridine rings is 1. The SMILES string of the molecule is O=C(O)c1cccnc1C(=O)O.[Eu]. The second kappa shape index (κ2) is 5.41. The van der Waals surface area contributed by atoms with Crippen LogP contribution in [0.25, 0.3) is 0 Å². The number of hydrogen-bond donors (Lipinski definition) is 2. The Morgan fingerprint density at radius 3 is 2.23 bits per heavy atom. The topological polar surface area (TPSA) is 87.5 Å². The fourth-order valence-electron chi connectivity index (χ4n) is 0.748. The number of carbonyl (C=O) groups is 2. The van der Waals surface area contributed by atoms with Gasteiger partial charge in [0.05, 0.1) is 5.56 Å². The first-order valence-electron chi connectivity index (χ1n) is 3.04. The van der Waals surface area contributed by atoms with Gasteiger partial charge in [-0.15, -0.1) is 0 Å². The first-order valence-corrected chi connectivity index (χ1v) is 3.04. The van der Waals surface area contributed by atoms with Crippen LogP contribution < -0.4 is 0 Å². The van der Waals surface area contributed by atoms with Gasteiger partial charge in [0.15, 0.2) is 5.69 Å². The molecule has 0 aliphatic carbocycles. The molecule has 1 radical (unpaired) electrons. The number of aromatic nitrogens is 1. The third-order valence-corrected chi connectivity index (χ3v) is 1.24. The van der Waals surface area contributed by atoms with Crippen LogP contribution in [-0.2, 0) is 0 Å². The Kier molecular flexibility index (Phi) is 5.28. The van der Waals surface area contributed by atoms with E-state index < -0.39 is 17.6 Å². The third kappa shape index (κ3) is 3.13. The van der Waals surface area contributed by atoms with Gasteiger partial charge in [-0.2, -0.15) is 0 Å². The van der Waals surface area contributed by atoms with Crippen LogP contribution in [-0.4, -0.2) is 27.1 Å². The van der Waals surface area contributed by atoms with Gasteiger partial charge in [-0.3, -0.25) is 0 Å². The zero-order valence-electron chi connectivity index (χ0n) is 6.27. The second-order valence-corrected chi connectivity index (χ2v) is 2.01. The normalized spacial score (nSPS) is 8.62. The average Bonchev–Trinajstić information content (AvgIpc) is 2.04. The summed E-state index contributed by atoms with van der Waals surface area (Å²) < 4.78 is 0. The van der Waals surface area contributed by atoms with E-state index in [-0.39, 0.29) is 54.9 Å². The summed E-state index contributed by atoms with van der Waals surface area (Å²) in [5.41, 5.74) is -0.741. The summed E-state index contributed by atoms with van der Waals surface area (Å²) in [4.78, 5) is 24.2. The Bertz CT molecular complexity index is 306. The summed E-state index contributed by atoms with van der Waals surface area (Å²) in [6, 6.07) is 2.56. The summed E-state index contributed by atoms with van der Waals surface area (Å²) in [5.74, 6) is -2.63. The standard InChI is InChI=1S/C7H5NO4.Eu/c9-6(10)4-2-1-3-8-5(4)7(11)12;/h1-3H,(H,9,10)(H,11,12);. The van der Waals surface area contributed by atoms with Crippen LogP contribution in [0.5, 0.6) is 0 Å². The predicted octanol–water partition coefficient (Wildman–Crippen LogP) is 0.478. The Morgan fingerprint density at radius 1 is 1.23 bits per heavy atom. The van der Waals surface area contributed by atoms with E-state index in [4.69, 9.17) is 10.2 Å². The first-order chi connectivity index (χ1) is 5.63. The molecule has 1 aromatic heterocycles. The molecule has 1 aromatic rings. The second-order valence-electron chi connectivity index (χ2n) is 2.01. The van der Waals surface area contributed by atoms with Crippen molar-refractivity contribution in [2.75, 3.05) is 0 Å². The molecule has 0 fully saturated rings. The van der Waals surface area contributed by atoms with Crippen LogP contribution in [0.4, 0.5) is 0 Å². The molecule has 0 saturated heterocycles. The van der Waals surface area contributed by atoms with Crippen LogP contribution in [0.15, 0.2) is 18.3 Å². The minimum absolute atomic E-state index is 0. The Morgan fingerprint density at radius 2 is 1.85 bits per heavy atom. The van der Waals surface area contributed by atoms with Crippen molar-refractivity contribution < 1.29 is 69.2 Å². The summed E-state index contributed by atoms with van der Waals surface area (Å²) in [7, 11) is 0. The van der Waals surface area contributed by atoms with Crippen LogP contribution >= 0.6 is 0 Å². The number of hydrogen-bond acceptors (Lipinski definition) is 3. The van der Waals surface area contributed by atoms with E-state index in [1.807, 2.05) is 0 Å². The molecule has 69 valence electrons. The van der Waals surface area contributed by atoms with Crippen LogP contribution in [0.2, 0.25) is 0 Å². The molecule has 5 nitrogen and oxygen atoms in total. The fraction of sp³-hybridized carbons (Fsp3) is 0. The minimum Gasteiger partial charge on any atom is -0.478 e. The van der Waals surface area contributed by atoms with Gasteiger partial charge in [0.1, 0.15) is 0 Å². The van der Waals surface area contributed by atoms with E-state index in [9.17, 15) is 9.59 Å². The van der Waals surface area contributed by atoms with Crippen molar-refractivity contribution in [2.24, 2.45) is 0 Å². The quantitative estimate of drug-likeness (QED) is 0.828. The van der Waals surface area contributed by atoms with Crippen LogP contribution in [0.3, 0.4) is 0 Å². The zero-order valence-corrected chi connectivity index (χ0v) is 8.69. The summed E-state index contributed by atoms with van der Waals surface area (Å²) in [5, 5.41) is 17.0. The minimum atomic E-state index is -1.34. The summed E-state index contributed by atoms with van der Waals surface area (Å²) in [6.07, 6.45) is 1.23. The van der Waals surface area contributed by atoms with Crippen LogP contribution in [0.1, 0.15) is 20.8 Å². The predicted molar refractivity (Wildman–Crippen MR) is 38.2 cm³/mol. The van der Waals surface area contributed by atoms with Gasteiger partial charge in [-0.1, -0.05) is 0 Å². The van der Waals surface area contributed by atoms with E-state index in [2.05, 4.69) is 4.98 Å². The Labute approximate surface area is 114 Å². The molecule has 13 heavy (non-hydrogen) atoms. The summed E-state index contributed by atoms with van der Waals surface area (Å²) >= 11 is 0. The molecule has 0 aliphatic heterocycles. The smallest absolute Gasteiger partial charge is 0.355 e. The van der Waals surface area contributed by atoms with E-state index in [0.717, 1.165) is 0 Å². The van der Waals surface area contributed by atoms with Crippen LogP contribution in [0, 0.1) is 49.4 Å². The molecular formula is C7H5EuNO4. The first kappa shape index (κ1) is 12.7. The van der Waals surface area contributed by atoms with Crippen molar-refractivity contribution in [3.8, 4) is 0 Å². The molecule has 0 aliphatic rings. The maximum absolute atomic E-state index is 10.4. The number of rotatable bonds is 2. The molecule has 1 heterocycles. The van der Waals surface area contributed by atoms with Crippen molar-refractivity contribution >= 4 is 11.9 Å². The molecule has 0 spiro atoms. The largest absolute Gasteiger partial charge is 0.478 e.